The Balaban J connectivity index is 1.66. The van der Waals surface area contributed by atoms with Gasteiger partial charge in [0.2, 0.25) is 0 Å². The number of amidine groups is 1. The van der Waals surface area contributed by atoms with E-state index in [1.165, 1.54) is 11.3 Å². The van der Waals surface area contributed by atoms with Gasteiger partial charge < -0.3 is 14.7 Å². The van der Waals surface area contributed by atoms with Crippen molar-refractivity contribution < 1.29 is 9.84 Å². The topological polar surface area (TPSA) is 69.4 Å². The Morgan fingerprint density at radius 2 is 1.93 bits per heavy atom. The Kier molecular flexibility index (Phi) is 4.72. The first-order chi connectivity index (χ1) is 13.1. The second-order valence-corrected chi connectivity index (χ2v) is 7.75. The van der Waals surface area contributed by atoms with Crippen LogP contribution in [0.1, 0.15) is 5.01 Å². The quantitative estimate of drug-likeness (QED) is 0.572. The Labute approximate surface area is 169 Å². The number of halogens is 1. The molecule has 0 atom stereocenters. The van der Waals surface area contributed by atoms with Gasteiger partial charge in [-0.1, -0.05) is 40.2 Å². The Bertz CT molecular complexity index is 1040. The number of hydrogen-bond acceptors (Lipinski definition) is 5. The van der Waals surface area contributed by atoms with Gasteiger partial charge in [-0.15, -0.1) is 11.3 Å². The van der Waals surface area contributed by atoms with E-state index in [0.717, 1.165) is 21.4 Å². The third-order valence-corrected chi connectivity index (χ3v) is 5.73. The number of aliphatic hydroxyl groups is 1. The van der Waals surface area contributed by atoms with Gasteiger partial charge in [0.05, 0.1) is 30.6 Å². The molecule has 0 aliphatic carbocycles. The molecule has 4 rings (SSSR count). The lowest BCUT2D eigenvalue weighted by atomic mass is 10.2. The predicted molar refractivity (Wildman–Crippen MR) is 113 cm³/mol. The number of ether oxygens (including phenoxy) is 1. The van der Waals surface area contributed by atoms with Crippen molar-refractivity contribution in [3.05, 3.63) is 69.2 Å². The van der Waals surface area contributed by atoms with Crippen LogP contribution in [0.25, 0.3) is 16.8 Å². The van der Waals surface area contributed by atoms with Gasteiger partial charge in [-0.05, 0) is 24.3 Å². The van der Waals surface area contributed by atoms with E-state index in [1.54, 1.807) is 12.0 Å². The van der Waals surface area contributed by atoms with Crippen LogP contribution in [0.15, 0.2) is 64.1 Å². The molecule has 0 bridgehead atoms. The molecule has 0 saturated carbocycles. The summed E-state index contributed by atoms with van der Waals surface area (Å²) in [6.07, 6.45) is 0. The number of aliphatic hydroxyl groups excluding tert-OH is 1. The zero-order valence-corrected chi connectivity index (χ0v) is 16.8. The van der Waals surface area contributed by atoms with Gasteiger partial charge in [-0.25, -0.2) is 4.98 Å². The molecule has 0 amide bonds. The summed E-state index contributed by atoms with van der Waals surface area (Å²) in [5, 5.41) is 21.7. The molecule has 0 unspecified atom stereocenters. The van der Waals surface area contributed by atoms with Crippen molar-refractivity contribution >= 4 is 44.4 Å². The van der Waals surface area contributed by atoms with Gasteiger partial charge in [-0.3, -0.25) is 5.41 Å². The lowest BCUT2D eigenvalue weighted by Crippen LogP contribution is -2.26. The summed E-state index contributed by atoms with van der Waals surface area (Å²) >= 11 is 4.85. The van der Waals surface area contributed by atoms with Crippen molar-refractivity contribution in [2.45, 2.75) is 0 Å². The highest BCUT2D eigenvalue weighted by Crippen LogP contribution is 2.37. The monoisotopic (exact) mass is 441 g/mol. The molecule has 5 nitrogen and oxygen atoms in total. The zero-order chi connectivity index (χ0) is 19.0. The van der Waals surface area contributed by atoms with Crippen LogP contribution in [-0.4, -0.2) is 29.6 Å². The smallest absolute Gasteiger partial charge is 0.142 e. The van der Waals surface area contributed by atoms with Crippen molar-refractivity contribution in [2.24, 2.45) is 0 Å². The van der Waals surface area contributed by atoms with Gasteiger partial charge in [0.1, 0.15) is 22.4 Å². The standard InChI is InChI=1S/C20H16BrN3O2S/c1-26-17-5-3-2-4-15(17)24-10-16(25)18(19(24)22)20-23-14(11-27-20)12-6-8-13(21)9-7-12/h2-9,11,22,25H,10H2,1H3. The molecule has 2 heterocycles. The summed E-state index contributed by atoms with van der Waals surface area (Å²) in [6.45, 7) is 0.224. The van der Waals surface area contributed by atoms with E-state index in [9.17, 15) is 5.11 Å². The predicted octanol–water partition coefficient (Wildman–Crippen LogP) is 5.35. The third-order valence-electron chi connectivity index (χ3n) is 4.34. The summed E-state index contributed by atoms with van der Waals surface area (Å²) in [7, 11) is 1.60. The Morgan fingerprint density at radius 3 is 2.67 bits per heavy atom. The highest BCUT2D eigenvalue weighted by atomic mass is 79.9. The van der Waals surface area contributed by atoms with Gasteiger partial charge >= 0.3 is 0 Å². The molecular weight excluding hydrogens is 426 g/mol. The first kappa shape index (κ1) is 17.8. The number of para-hydroxylation sites is 2. The molecule has 0 spiro atoms. The minimum atomic E-state index is 0.141. The molecule has 0 fully saturated rings. The average molecular weight is 442 g/mol. The lowest BCUT2D eigenvalue weighted by Gasteiger charge is -2.21. The van der Waals surface area contributed by atoms with Crippen molar-refractivity contribution in [1.82, 2.24) is 4.98 Å². The largest absolute Gasteiger partial charge is 0.510 e. The van der Waals surface area contributed by atoms with Crippen LogP contribution in [0.4, 0.5) is 5.69 Å². The molecule has 0 radical (unpaired) electrons. The van der Waals surface area contributed by atoms with E-state index in [4.69, 9.17) is 10.1 Å². The first-order valence-corrected chi connectivity index (χ1v) is 9.89. The number of benzene rings is 2. The number of rotatable bonds is 4. The number of hydrogen-bond donors (Lipinski definition) is 2. The molecule has 136 valence electrons. The fraction of sp³-hybridized carbons (Fsp3) is 0.100. The molecule has 3 aromatic rings. The van der Waals surface area contributed by atoms with E-state index in [1.807, 2.05) is 53.9 Å². The normalized spacial score (nSPS) is 14.1. The fourth-order valence-electron chi connectivity index (χ4n) is 3.00. The fourth-order valence-corrected chi connectivity index (χ4v) is 4.16. The first-order valence-electron chi connectivity index (χ1n) is 8.22. The number of nitrogens with zero attached hydrogens (tertiary/aromatic N) is 2. The number of thiazole rings is 1. The number of methoxy groups -OCH3 is 1. The van der Waals surface area contributed by atoms with Crippen LogP contribution < -0.4 is 9.64 Å². The van der Waals surface area contributed by atoms with Crippen LogP contribution in [-0.2, 0) is 0 Å². The van der Waals surface area contributed by atoms with E-state index in [-0.39, 0.29) is 18.1 Å². The SMILES string of the molecule is COc1ccccc1N1CC(O)=C(c2nc(-c3ccc(Br)cc3)cs2)C1=N. The second-order valence-electron chi connectivity index (χ2n) is 5.97. The average Bonchev–Trinajstić information content (AvgIpc) is 3.26. The maximum Gasteiger partial charge on any atom is 0.142 e. The molecule has 0 saturated heterocycles. The van der Waals surface area contributed by atoms with E-state index >= 15 is 0 Å². The van der Waals surface area contributed by atoms with E-state index in [2.05, 4.69) is 20.9 Å². The number of anilines is 1. The van der Waals surface area contributed by atoms with Crippen molar-refractivity contribution in [2.75, 3.05) is 18.6 Å². The minimum Gasteiger partial charge on any atom is -0.510 e. The van der Waals surface area contributed by atoms with Gasteiger partial charge in [-0.2, -0.15) is 0 Å². The van der Waals surface area contributed by atoms with Gasteiger partial charge in [0.15, 0.2) is 0 Å². The molecule has 1 aliphatic heterocycles. The lowest BCUT2D eigenvalue weighted by molar-refractivity contribution is 0.407. The third kappa shape index (κ3) is 3.24. The van der Waals surface area contributed by atoms with Gasteiger partial charge in [0, 0.05) is 15.4 Å². The van der Waals surface area contributed by atoms with Crippen molar-refractivity contribution in [1.29, 1.82) is 5.41 Å². The Hall–Kier alpha value is -2.64. The number of aromatic nitrogens is 1. The highest BCUT2D eigenvalue weighted by molar-refractivity contribution is 9.10. The van der Waals surface area contributed by atoms with Crippen molar-refractivity contribution in [3.8, 4) is 17.0 Å². The summed E-state index contributed by atoms with van der Waals surface area (Å²) in [5.74, 6) is 1.02. The summed E-state index contributed by atoms with van der Waals surface area (Å²) in [5.41, 5.74) is 3.03. The van der Waals surface area contributed by atoms with Gasteiger partial charge in [0.25, 0.3) is 0 Å². The summed E-state index contributed by atoms with van der Waals surface area (Å²) < 4.78 is 6.41. The molecule has 1 aromatic heterocycles. The summed E-state index contributed by atoms with van der Waals surface area (Å²) in [6, 6.07) is 15.4. The number of nitrogens with one attached hydrogen (secondary N) is 1. The maximum atomic E-state index is 10.5. The second kappa shape index (κ2) is 7.17. The van der Waals surface area contributed by atoms with E-state index in [0.29, 0.717) is 16.3 Å². The molecule has 27 heavy (non-hydrogen) atoms. The van der Waals surface area contributed by atoms with E-state index < -0.39 is 0 Å². The van der Waals surface area contributed by atoms with Crippen LogP contribution in [0.2, 0.25) is 0 Å². The zero-order valence-electron chi connectivity index (χ0n) is 14.4. The van der Waals surface area contributed by atoms with Crippen LogP contribution in [0.3, 0.4) is 0 Å². The molecule has 1 aliphatic rings. The maximum absolute atomic E-state index is 10.5. The van der Waals surface area contributed by atoms with Crippen LogP contribution >= 0.6 is 27.3 Å². The Morgan fingerprint density at radius 1 is 1.19 bits per heavy atom. The van der Waals surface area contributed by atoms with Crippen molar-refractivity contribution in [3.63, 3.8) is 0 Å². The highest BCUT2D eigenvalue weighted by Gasteiger charge is 2.32. The molecule has 7 heteroatoms. The minimum absolute atomic E-state index is 0.141. The molecule has 2 aromatic carbocycles. The summed E-state index contributed by atoms with van der Waals surface area (Å²) in [4.78, 5) is 6.38. The molecular formula is C20H16BrN3O2S. The van der Waals surface area contributed by atoms with Crippen LogP contribution in [0, 0.1) is 5.41 Å². The molecule has 2 N–H and O–H groups in total. The van der Waals surface area contributed by atoms with Crippen LogP contribution in [0.5, 0.6) is 5.75 Å².